The van der Waals surface area contributed by atoms with E-state index in [1.165, 1.54) is 6.07 Å². The Morgan fingerprint density at radius 1 is 1.53 bits per heavy atom. The first-order valence-electron chi connectivity index (χ1n) is 5.79. The molecule has 100 valence electrons. The van der Waals surface area contributed by atoms with E-state index in [1.807, 2.05) is 17.7 Å². The average molecular weight is 325 g/mol. The van der Waals surface area contributed by atoms with Crippen LogP contribution in [0.2, 0.25) is 0 Å². The number of nitrogens with one attached hydrogen (secondary N) is 1. The zero-order valence-electron chi connectivity index (χ0n) is 10.3. The van der Waals surface area contributed by atoms with Gasteiger partial charge in [-0.25, -0.2) is 4.98 Å². The van der Waals surface area contributed by atoms with E-state index in [2.05, 4.69) is 26.2 Å². The summed E-state index contributed by atoms with van der Waals surface area (Å²) in [5.74, 6) is 0.847. The van der Waals surface area contributed by atoms with Crippen molar-refractivity contribution in [3.8, 4) is 0 Å². The van der Waals surface area contributed by atoms with Crippen molar-refractivity contribution in [3.63, 3.8) is 0 Å². The molecule has 0 spiro atoms. The maximum Gasteiger partial charge on any atom is 0.293 e. The van der Waals surface area contributed by atoms with E-state index >= 15 is 0 Å². The lowest BCUT2D eigenvalue weighted by Gasteiger charge is -2.08. The van der Waals surface area contributed by atoms with E-state index in [1.54, 1.807) is 18.3 Å². The van der Waals surface area contributed by atoms with Gasteiger partial charge in [0.1, 0.15) is 11.5 Å². The lowest BCUT2D eigenvalue weighted by Crippen LogP contribution is -2.08. The smallest absolute Gasteiger partial charge is 0.293 e. The Bertz CT molecular complexity index is 597. The monoisotopic (exact) mass is 324 g/mol. The highest BCUT2D eigenvalue weighted by atomic mass is 79.9. The van der Waals surface area contributed by atoms with Crippen LogP contribution in [0.25, 0.3) is 0 Å². The number of aromatic nitrogens is 2. The van der Waals surface area contributed by atoms with Gasteiger partial charge in [0.15, 0.2) is 0 Å². The second-order valence-electron chi connectivity index (χ2n) is 3.90. The Labute approximate surface area is 118 Å². The number of hydrogen-bond acceptors (Lipinski definition) is 4. The molecule has 0 saturated heterocycles. The van der Waals surface area contributed by atoms with E-state index in [-0.39, 0.29) is 5.69 Å². The Morgan fingerprint density at radius 3 is 3.00 bits per heavy atom. The van der Waals surface area contributed by atoms with Gasteiger partial charge >= 0.3 is 0 Å². The molecule has 6 nitrogen and oxygen atoms in total. The summed E-state index contributed by atoms with van der Waals surface area (Å²) < 4.78 is 2.66. The van der Waals surface area contributed by atoms with E-state index in [0.29, 0.717) is 16.7 Å². The summed E-state index contributed by atoms with van der Waals surface area (Å²) in [5, 5.41) is 14.0. The number of nitrogens with zero attached hydrogens (tertiary/aromatic N) is 3. The summed E-state index contributed by atoms with van der Waals surface area (Å²) in [6.07, 6.45) is 3.60. The van der Waals surface area contributed by atoms with Crippen LogP contribution in [0.15, 0.2) is 35.1 Å². The second kappa shape index (κ2) is 5.83. The highest BCUT2D eigenvalue weighted by Gasteiger charge is 2.14. The van der Waals surface area contributed by atoms with Gasteiger partial charge < -0.3 is 9.88 Å². The van der Waals surface area contributed by atoms with Crippen molar-refractivity contribution < 1.29 is 4.92 Å². The number of hydrogen-bond donors (Lipinski definition) is 1. The molecule has 0 unspecified atom stereocenters. The summed E-state index contributed by atoms with van der Waals surface area (Å²) in [6, 6.07) is 4.93. The molecule has 1 heterocycles. The topological polar surface area (TPSA) is 73.0 Å². The highest BCUT2D eigenvalue weighted by Crippen LogP contribution is 2.28. The van der Waals surface area contributed by atoms with Crippen molar-refractivity contribution in [2.24, 2.45) is 0 Å². The van der Waals surface area contributed by atoms with Crippen molar-refractivity contribution in [2.45, 2.75) is 20.0 Å². The Hall–Kier alpha value is -1.89. The predicted octanol–water partition coefficient (Wildman–Crippen LogP) is 3.19. The van der Waals surface area contributed by atoms with Crippen molar-refractivity contribution in [3.05, 3.63) is 51.0 Å². The lowest BCUT2D eigenvalue weighted by atomic mass is 10.2. The van der Waals surface area contributed by atoms with E-state index in [0.717, 1.165) is 12.4 Å². The lowest BCUT2D eigenvalue weighted by molar-refractivity contribution is -0.384. The molecule has 2 rings (SSSR count). The average Bonchev–Trinajstić information content (AvgIpc) is 2.84. The zero-order valence-corrected chi connectivity index (χ0v) is 11.9. The summed E-state index contributed by atoms with van der Waals surface area (Å²) in [5.41, 5.74) is 0.530. The molecule has 0 saturated carbocycles. The molecule has 1 aromatic carbocycles. The number of halogens is 1. The largest absolute Gasteiger partial charge is 0.372 e. The van der Waals surface area contributed by atoms with Gasteiger partial charge in [0.2, 0.25) is 0 Å². The molecule has 1 N–H and O–H groups in total. The van der Waals surface area contributed by atoms with Gasteiger partial charge in [-0.15, -0.1) is 0 Å². The van der Waals surface area contributed by atoms with Gasteiger partial charge in [0.05, 0.1) is 11.5 Å². The molecule has 0 aliphatic carbocycles. The van der Waals surface area contributed by atoms with Gasteiger partial charge in [-0.3, -0.25) is 10.1 Å². The van der Waals surface area contributed by atoms with Crippen molar-refractivity contribution in [1.82, 2.24) is 9.55 Å². The first-order chi connectivity index (χ1) is 9.11. The van der Waals surface area contributed by atoms with Crippen LogP contribution in [0.3, 0.4) is 0 Å². The highest BCUT2D eigenvalue weighted by molar-refractivity contribution is 9.10. The maximum absolute atomic E-state index is 11.0. The zero-order chi connectivity index (χ0) is 13.8. The second-order valence-corrected chi connectivity index (χ2v) is 4.82. The van der Waals surface area contributed by atoms with Crippen LogP contribution in [0, 0.1) is 10.1 Å². The van der Waals surface area contributed by atoms with Crippen LogP contribution in [0.1, 0.15) is 12.7 Å². The fourth-order valence-electron chi connectivity index (χ4n) is 1.77. The fourth-order valence-corrected chi connectivity index (χ4v) is 2.12. The summed E-state index contributed by atoms with van der Waals surface area (Å²) in [7, 11) is 0. The minimum absolute atomic E-state index is 0.0454. The molecule has 0 fully saturated rings. The third-order valence-corrected chi connectivity index (χ3v) is 3.23. The van der Waals surface area contributed by atoms with Crippen molar-refractivity contribution in [2.75, 3.05) is 5.32 Å². The molecule has 0 amide bonds. The maximum atomic E-state index is 11.0. The first kappa shape index (κ1) is 13.5. The number of rotatable bonds is 5. The van der Waals surface area contributed by atoms with Gasteiger partial charge in [-0.2, -0.15) is 0 Å². The third-order valence-electron chi connectivity index (χ3n) is 2.74. The molecule has 7 heteroatoms. The molecule has 0 atom stereocenters. The van der Waals surface area contributed by atoms with E-state index in [4.69, 9.17) is 0 Å². The summed E-state index contributed by atoms with van der Waals surface area (Å²) >= 11 is 3.23. The normalized spacial score (nSPS) is 10.4. The third kappa shape index (κ3) is 3.11. The van der Waals surface area contributed by atoms with Gasteiger partial charge in [0, 0.05) is 29.5 Å². The first-order valence-corrected chi connectivity index (χ1v) is 6.59. The predicted molar refractivity (Wildman–Crippen MR) is 76.0 cm³/mol. The fraction of sp³-hybridized carbons (Fsp3) is 0.250. The Balaban J connectivity index is 2.18. The molecule has 0 radical (unpaired) electrons. The Morgan fingerprint density at radius 2 is 2.32 bits per heavy atom. The van der Waals surface area contributed by atoms with Crippen LogP contribution < -0.4 is 5.32 Å². The number of nitro groups is 1. The van der Waals surface area contributed by atoms with Gasteiger partial charge in [-0.05, 0) is 19.1 Å². The minimum atomic E-state index is -0.403. The van der Waals surface area contributed by atoms with Crippen molar-refractivity contribution >= 4 is 27.3 Å². The summed E-state index contributed by atoms with van der Waals surface area (Å²) in [4.78, 5) is 14.8. The molecule has 0 bridgehead atoms. The van der Waals surface area contributed by atoms with E-state index in [9.17, 15) is 10.1 Å². The number of imidazole rings is 1. The minimum Gasteiger partial charge on any atom is -0.372 e. The number of aryl methyl sites for hydroxylation is 1. The Kier molecular flexibility index (Phi) is 4.16. The molecule has 0 aliphatic rings. The molecule has 1 aromatic heterocycles. The SMILES string of the molecule is CCn1ccnc1CNc1ccc(Br)cc1[N+](=O)[O-]. The van der Waals surface area contributed by atoms with Crippen LogP contribution in [-0.4, -0.2) is 14.5 Å². The summed E-state index contributed by atoms with van der Waals surface area (Å²) in [6.45, 7) is 3.29. The molecule has 19 heavy (non-hydrogen) atoms. The van der Waals surface area contributed by atoms with Gasteiger partial charge in [-0.1, -0.05) is 15.9 Å². The van der Waals surface area contributed by atoms with E-state index < -0.39 is 4.92 Å². The standard InChI is InChI=1S/C12H13BrN4O2/c1-2-16-6-5-14-12(16)8-15-10-4-3-9(13)7-11(10)17(18)19/h3-7,15H,2,8H2,1H3. The number of anilines is 1. The van der Waals surface area contributed by atoms with Crippen molar-refractivity contribution in [1.29, 1.82) is 0 Å². The number of benzene rings is 1. The van der Waals surface area contributed by atoms with Crippen LogP contribution in [0.5, 0.6) is 0 Å². The van der Waals surface area contributed by atoms with Gasteiger partial charge in [0.25, 0.3) is 5.69 Å². The molecule has 0 aliphatic heterocycles. The van der Waals surface area contributed by atoms with Crippen LogP contribution in [-0.2, 0) is 13.1 Å². The van der Waals surface area contributed by atoms with Crippen LogP contribution in [0.4, 0.5) is 11.4 Å². The number of nitro benzene ring substituents is 1. The molecular weight excluding hydrogens is 312 g/mol. The quantitative estimate of drug-likeness (QED) is 0.677. The van der Waals surface area contributed by atoms with Crippen LogP contribution >= 0.6 is 15.9 Å². The molecule has 2 aromatic rings. The molecular formula is C12H13BrN4O2.